The number of amides is 1. The van der Waals surface area contributed by atoms with Gasteiger partial charge in [0, 0.05) is 17.9 Å². The molecule has 40 heavy (non-hydrogen) atoms. The van der Waals surface area contributed by atoms with Crippen molar-refractivity contribution in [1.29, 1.82) is 0 Å². The van der Waals surface area contributed by atoms with Crippen LogP contribution >= 0.6 is 0 Å². The highest BCUT2D eigenvalue weighted by molar-refractivity contribution is 6.16. The molecular weight excluding hydrogens is 498 g/mol. The van der Waals surface area contributed by atoms with Gasteiger partial charge in [-0.05, 0) is 49.7 Å². The molecule has 0 aliphatic heterocycles. The Balaban J connectivity index is 1.53. The Bertz CT molecular complexity index is 913. The Kier molecular flexibility index (Phi) is 18.5. The zero-order chi connectivity index (χ0) is 28.7. The Morgan fingerprint density at radius 3 is 1.65 bits per heavy atom. The number of para-hydroxylation sites is 1. The first-order valence-electron chi connectivity index (χ1n) is 15.9. The molecule has 0 aromatic heterocycles. The number of anilines is 1. The number of carbonyl (C=O) groups is 2. The monoisotopic (exact) mass is 551 g/mol. The third kappa shape index (κ3) is 14.6. The third-order valence-corrected chi connectivity index (χ3v) is 7.26. The molecule has 1 atom stereocenters. The number of nitrogens with one attached hydrogen (secondary N) is 1. The summed E-state index contributed by atoms with van der Waals surface area (Å²) in [5, 5.41) is 2.75. The maximum absolute atomic E-state index is 13.0. The van der Waals surface area contributed by atoms with Crippen LogP contribution in [-0.4, -0.2) is 31.0 Å². The van der Waals surface area contributed by atoms with Gasteiger partial charge in [-0.2, -0.15) is 0 Å². The summed E-state index contributed by atoms with van der Waals surface area (Å²) in [6.07, 6.45) is 20.4. The van der Waals surface area contributed by atoms with Crippen LogP contribution in [0.5, 0.6) is 5.75 Å². The highest BCUT2D eigenvalue weighted by Gasteiger charge is 2.28. The van der Waals surface area contributed by atoms with Gasteiger partial charge in [-0.3, -0.25) is 9.59 Å². The van der Waals surface area contributed by atoms with Gasteiger partial charge in [0.25, 0.3) is 5.91 Å². The van der Waals surface area contributed by atoms with Crippen LogP contribution in [0.4, 0.5) is 5.69 Å². The van der Waals surface area contributed by atoms with E-state index in [0.717, 1.165) is 12.2 Å². The van der Waals surface area contributed by atoms with Crippen LogP contribution in [0.2, 0.25) is 0 Å². The first-order valence-corrected chi connectivity index (χ1v) is 15.9. The van der Waals surface area contributed by atoms with Gasteiger partial charge < -0.3 is 14.8 Å². The summed E-state index contributed by atoms with van der Waals surface area (Å²) in [4.78, 5) is 25.7. The van der Waals surface area contributed by atoms with E-state index < -0.39 is 12.0 Å². The maximum Gasteiger partial charge on any atom is 0.261 e. The lowest BCUT2D eigenvalue weighted by Crippen LogP contribution is -2.37. The number of hydrogen-bond acceptors (Lipinski definition) is 4. The molecule has 2 aromatic carbocycles. The molecule has 0 bridgehead atoms. The minimum Gasteiger partial charge on any atom is -0.494 e. The van der Waals surface area contributed by atoms with Crippen LogP contribution in [0.3, 0.4) is 0 Å². The number of benzene rings is 2. The number of carbonyl (C=O) groups excluding carboxylic acids is 2. The van der Waals surface area contributed by atoms with Crippen molar-refractivity contribution in [1.82, 2.24) is 0 Å². The molecule has 0 saturated carbocycles. The standard InChI is InChI=1S/C35H53NO4/c1-3-5-6-7-8-9-10-11-12-13-14-15-16-17-18-22-29-40-32-27-25-30(26-28-32)33(37)34(39-4-2)35(38)36-31-23-20-19-21-24-31/h19-21,23-28,34H,3-18,22,29H2,1-2H3,(H,36,38). The summed E-state index contributed by atoms with van der Waals surface area (Å²) in [7, 11) is 0. The molecule has 0 saturated heterocycles. The Morgan fingerprint density at radius 2 is 1.15 bits per heavy atom. The molecular formula is C35H53NO4. The largest absolute Gasteiger partial charge is 0.494 e. The Hall–Kier alpha value is -2.66. The second kappa shape index (κ2) is 22.1. The minimum absolute atomic E-state index is 0.263. The van der Waals surface area contributed by atoms with Crippen LogP contribution in [0.25, 0.3) is 0 Å². The Labute approximate surface area is 243 Å². The molecule has 5 nitrogen and oxygen atoms in total. The lowest BCUT2D eigenvalue weighted by molar-refractivity contribution is -0.124. The van der Waals surface area contributed by atoms with Gasteiger partial charge in [0.2, 0.25) is 5.78 Å². The van der Waals surface area contributed by atoms with Gasteiger partial charge in [0.15, 0.2) is 6.10 Å². The predicted octanol–water partition coefficient (Wildman–Crippen LogP) is 9.55. The van der Waals surface area contributed by atoms with E-state index >= 15 is 0 Å². The van der Waals surface area contributed by atoms with Crippen molar-refractivity contribution in [3.63, 3.8) is 0 Å². The average molecular weight is 552 g/mol. The highest BCUT2D eigenvalue weighted by Crippen LogP contribution is 2.17. The van der Waals surface area contributed by atoms with Crippen molar-refractivity contribution < 1.29 is 19.1 Å². The third-order valence-electron chi connectivity index (χ3n) is 7.26. The van der Waals surface area contributed by atoms with E-state index in [1.165, 1.54) is 96.3 Å². The van der Waals surface area contributed by atoms with Crippen molar-refractivity contribution >= 4 is 17.4 Å². The molecule has 2 rings (SSSR count). The van der Waals surface area contributed by atoms with Gasteiger partial charge >= 0.3 is 0 Å². The summed E-state index contributed by atoms with van der Waals surface area (Å²) in [6.45, 7) is 4.98. The fourth-order valence-corrected chi connectivity index (χ4v) is 4.87. The molecule has 0 spiro atoms. The smallest absolute Gasteiger partial charge is 0.261 e. The molecule has 0 aliphatic rings. The van der Waals surface area contributed by atoms with Crippen LogP contribution in [0, 0.1) is 0 Å². The topological polar surface area (TPSA) is 64.6 Å². The number of Topliss-reactive ketones (excluding diaryl/α,β-unsaturated/α-hetero) is 1. The van der Waals surface area contributed by atoms with Crippen LogP contribution in [0.15, 0.2) is 54.6 Å². The summed E-state index contributed by atoms with van der Waals surface area (Å²) in [6, 6.07) is 16.0. The second-order valence-electron chi connectivity index (χ2n) is 10.7. The molecule has 0 radical (unpaired) electrons. The number of unbranched alkanes of at least 4 members (excludes halogenated alkanes) is 15. The van der Waals surface area contributed by atoms with E-state index in [-0.39, 0.29) is 12.4 Å². The van der Waals surface area contributed by atoms with E-state index in [9.17, 15) is 9.59 Å². The van der Waals surface area contributed by atoms with Crippen molar-refractivity contribution in [2.45, 2.75) is 123 Å². The van der Waals surface area contributed by atoms with Crippen molar-refractivity contribution in [2.24, 2.45) is 0 Å². The van der Waals surface area contributed by atoms with Crippen LogP contribution < -0.4 is 10.1 Å². The number of rotatable bonds is 24. The van der Waals surface area contributed by atoms with Crippen LogP contribution in [0.1, 0.15) is 127 Å². The zero-order valence-corrected chi connectivity index (χ0v) is 25.1. The fraction of sp³-hybridized carbons (Fsp3) is 0.600. The van der Waals surface area contributed by atoms with Crippen molar-refractivity contribution in [3.05, 3.63) is 60.2 Å². The molecule has 0 fully saturated rings. The number of ether oxygens (including phenoxy) is 2. The zero-order valence-electron chi connectivity index (χ0n) is 25.1. The maximum atomic E-state index is 13.0. The lowest BCUT2D eigenvalue weighted by Gasteiger charge is -2.16. The van der Waals surface area contributed by atoms with Crippen molar-refractivity contribution in [2.75, 3.05) is 18.5 Å². The first-order chi connectivity index (χ1) is 19.7. The molecule has 5 heteroatoms. The fourth-order valence-electron chi connectivity index (χ4n) is 4.87. The first kappa shape index (κ1) is 33.5. The second-order valence-corrected chi connectivity index (χ2v) is 10.7. The summed E-state index contributed by atoms with van der Waals surface area (Å²) >= 11 is 0. The molecule has 0 heterocycles. The number of ketones is 1. The van der Waals surface area contributed by atoms with Gasteiger partial charge in [-0.25, -0.2) is 0 Å². The molecule has 2 aromatic rings. The summed E-state index contributed by atoms with van der Waals surface area (Å²) < 4.78 is 11.4. The molecule has 1 amide bonds. The van der Waals surface area contributed by atoms with Crippen molar-refractivity contribution in [3.8, 4) is 5.75 Å². The van der Waals surface area contributed by atoms with E-state index in [4.69, 9.17) is 9.47 Å². The van der Waals surface area contributed by atoms with E-state index in [1.54, 1.807) is 43.3 Å². The van der Waals surface area contributed by atoms with E-state index in [1.807, 2.05) is 18.2 Å². The quantitative estimate of drug-likeness (QED) is 0.0801. The summed E-state index contributed by atoms with van der Waals surface area (Å²) in [5.41, 5.74) is 1.05. The molecule has 0 aliphatic carbocycles. The lowest BCUT2D eigenvalue weighted by atomic mass is 10.0. The van der Waals surface area contributed by atoms with E-state index in [0.29, 0.717) is 17.9 Å². The van der Waals surface area contributed by atoms with E-state index in [2.05, 4.69) is 12.2 Å². The normalized spacial score (nSPS) is 11.8. The number of hydrogen-bond donors (Lipinski definition) is 1. The SMILES string of the molecule is CCCCCCCCCCCCCCCCCCOc1ccc(C(=O)C(OCC)C(=O)Nc2ccccc2)cc1. The van der Waals surface area contributed by atoms with Gasteiger partial charge in [0.1, 0.15) is 5.75 Å². The van der Waals surface area contributed by atoms with Gasteiger partial charge in [0.05, 0.1) is 6.61 Å². The molecule has 1 N–H and O–H groups in total. The highest BCUT2D eigenvalue weighted by atomic mass is 16.5. The van der Waals surface area contributed by atoms with Gasteiger partial charge in [-0.1, -0.05) is 121 Å². The molecule has 222 valence electrons. The van der Waals surface area contributed by atoms with Crippen LogP contribution in [-0.2, 0) is 9.53 Å². The summed E-state index contributed by atoms with van der Waals surface area (Å²) in [5.74, 6) is -0.0966. The minimum atomic E-state index is -1.19. The molecule has 1 unspecified atom stereocenters. The predicted molar refractivity (Wildman–Crippen MR) is 166 cm³/mol. The Morgan fingerprint density at radius 1 is 0.650 bits per heavy atom. The van der Waals surface area contributed by atoms with Gasteiger partial charge in [-0.15, -0.1) is 0 Å². The average Bonchev–Trinajstić information content (AvgIpc) is 2.98.